The summed E-state index contributed by atoms with van der Waals surface area (Å²) in [5, 5.41) is 2.82. The number of aryl methyl sites for hydroxylation is 2. The number of hydrogen-bond donors (Lipinski definition) is 1. The lowest BCUT2D eigenvalue weighted by Crippen LogP contribution is -2.35. The fourth-order valence-electron chi connectivity index (χ4n) is 3.34. The Bertz CT molecular complexity index is 1050. The highest BCUT2D eigenvalue weighted by Gasteiger charge is 2.39. The largest absolute Gasteiger partial charge is 0.573 e. The van der Waals surface area contributed by atoms with E-state index in [1.165, 1.54) is 19.2 Å². The zero-order chi connectivity index (χ0) is 22.8. The molecule has 1 aliphatic rings. The standard InChI is InChI=1S/C22H21F3N2O4/c1-13-7-8-17(14(2)11-13)18-19(21(29)27(20(18)28)9-10-30-3)26-15-5-4-6-16(12-15)31-22(23,24)25/h4-8,11-12,26H,9-10H2,1-3H3. The van der Waals surface area contributed by atoms with Gasteiger partial charge in [-0.15, -0.1) is 13.2 Å². The Hall–Kier alpha value is -3.33. The molecule has 0 unspecified atom stereocenters. The molecule has 2 amide bonds. The number of carbonyl (C=O) groups excluding carboxylic acids is 2. The quantitative estimate of drug-likeness (QED) is 0.667. The number of nitrogens with one attached hydrogen (secondary N) is 1. The van der Waals surface area contributed by atoms with Gasteiger partial charge in [-0.05, 0) is 37.1 Å². The molecule has 0 saturated heterocycles. The Morgan fingerprint density at radius 3 is 2.42 bits per heavy atom. The van der Waals surface area contributed by atoms with Gasteiger partial charge in [0.15, 0.2) is 0 Å². The van der Waals surface area contributed by atoms with Crippen molar-refractivity contribution in [2.45, 2.75) is 20.2 Å². The van der Waals surface area contributed by atoms with Gasteiger partial charge < -0.3 is 14.8 Å². The van der Waals surface area contributed by atoms with Gasteiger partial charge in [-0.3, -0.25) is 14.5 Å². The summed E-state index contributed by atoms with van der Waals surface area (Å²) in [4.78, 5) is 27.2. The van der Waals surface area contributed by atoms with Crippen molar-refractivity contribution in [3.05, 3.63) is 64.9 Å². The average Bonchev–Trinajstić information content (AvgIpc) is 2.89. The maximum absolute atomic E-state index is 13.1. The SMILES string of the molecule is COCCN1C(=O)C(Nc2cccc(OC(F)(F)F)c2)=C(c2ccc(C)cc2C)C1=O. The number of hydrogen-bond acceptors (Lipinski definition) is 5. The van der Waals surface area contributed by atoms with E-state index in [2.05, 4.69) is 10.1 Å². The Balaban J connectivity index is 2.04. The van der Waals surface area contributed by atoms with Crippen LogP contribution in [-0.2, 0) is 14.3 Å². The van der Waals surface area contributed by atoms with Crippen LogP contribution in [0.25, 0.3) is 5.57 Å². The van der Waals surface area contributed by atoms with Crippen molar-refractivity contribution in [3.8, 4) is 5.75 Å². The lowest BCUT2D eigenvalue weighted by molar-refractivity contribution is -0.274. The molecule has 3 rings (SSSR count). The summed E-state index contributed by atoms with van der Waals surface area (Å²) in [5.74, 6) is -1.53. The zero-order valence-electron chi connectivity index (χ0n) is 17.2. The lowest BCUT2D eigenvalue weighted by atomic mass is 9.97. The minimum Gasteiger partial charge on any atom is -0.406 e. The van der Waals surface area contributed by atoms with E-state index in [9.17, 15) is 22.8 Å². The van der Waals surface area contributed by atoms with Gasteiger partial charge >= 0.3 is 6.36 Å². The van der Waals surface area contributed by atoms with E-state index in [1.807, 2.05) is 26.0 Å². The summed E-state index contributed by atoms with van der Waals surface area (Å²) in [5.41, 5.74) is 2.65. The van der Waals surface area contributed by atoms with Crippen LogP contribution in [0.3, 0.4) is 0 Å². The van der Waals surface area contributed by atoms with Crippen LogP contribution in [-0.4, -0.2) is 43.3 Å². The molecule has 2 aromatic carbocycles. The monoisotopic (exact) mass is 434 g/mol. The molecule has 0 radical (unpaired) electrons. The number of anilines is 1. The molecule has 0 aliphatic carbocycles. The third kappa shape index (κ3) is 5.05. The number of methoxy groups -OCH3 is 1. The van der Waals surface area contributed by atoms with Crippen LogP contribution in [0.4, 0.5) is 18.9 Å². The van der Waals surface area contributed by atoms with Gasteiger partial charge in [0.1, 0.15) is 11.4 Å². The molecule has 1 heterocycles. The van der Waals surface area contributed by atoms with Crippen molar-refractivity contribution >= 4 is 23.1 Å². The van der Waals surface area contributed by atoms with Crippen molar-refractivity contribution in [1.82, 2.24) is 4.90 Å². The molecule has 0 saturated carbocycles. The van der Waals surface area contributed by atoms with Gasteiger partial charge in [-0.2, -0.15) is 0 Å². The number of alkyl halides is 3. The molecular weight excluding hydrogens is 413 g/mol. The Labute approximate surface area is 177 Å². The van der Waals surface area contributed by atoms with Gasteiger partial charge in [0, 0.05) is 18.9 Å². The summed E-state index contributed by atoms with van der Waals surface area (Å²) in [6.07, 6.45) is -4.85. The van der Waals surface area contributed by atoms with Crippen molar-refractivity contribution in [2.75, 3.05) is 25.6 Å². The van der Waals surface area contributed by atoms with E-state index in [4.69, 9.17) is 4.74 Å². The molecule has 0 fully saturated rings. The van der Waals surface area contributed by atoms with Gasteiger partial charge in [0.2, 0.25) is 0 Å². The Kier molecular flexibility index (Phi) is 6.35. The highest BCUT2D eigenvalue weighted by atomic mass is 19.4. The molecule has 6 nitrogen and oxygen atoms in total. The molecule has 0 aromatic heterocycles. The number of rotatable bonds is 7. The fraction of sp³-hybridized carbons (Fsp3) is 0.273. The van der Waals surface area contributed by atoms with Gasteiger partial charge in [-0.25, -0.2) is 0 Å². The molecule has 31 heavy (non-hydrogen) atoms. The van der Waals surface area contributed by atoms with Crippen LogP contribution in [0.5, 0.6) is 5.75 Å². The van der Waals surface area contributed by atoms with E-state index in [1.54, 1.807) is 6.07 Å². The van der Waals surface area contributed by atoms with Crippen LogP contribution in [0.15, 0.2) is 48.2 Å². The molecule has 164 valence electrons. The maximum Gasteiger partial charge on any atom is 0.573 e. The lowest BCUT2D eigenvalue weighted by Gasteiger charge is -2.15. The second-order valence-electron chi connectivity index (χ2n) is 7.02. The van der Waals surface area contributed by atoms with Crippen LogP contribution in [0.2, 0.25) is 0 Å². The molecule has 0 atom stereocenters. The normalized spacial score (nSPS) is 14.5. The van der Waals surface area contributed by atoms with E-state index in [-0.39, 0.29) is 30.1 Å². The number of carbonyl (C=O) groups is 2. The third-order valence-corrected chi connectivity index (χ3v) is 4.68. The number of ether oxygens (including phenoxy) is 2. The molecule has 1 aliphatic heterocycles. The number of benzene rings is 2. The first kappa shape index (κ1) is 22.4. The number of amides is 2. The molecule has 1 N–H and O–H groups in total. The highest BCUT2D eigenvalue weighted by molar-refractivity contribution is 6.36. The predicted octanol–water partition coefficient (Wildman–Crippen LogP) is 4.04. The molecule has 2 aromatic rings. The molecule has 9 heteroatoms. The average molecular weight is 434 g/mol. The van der Waals surface area contributed by atoms with E-state index in [0.717, 1.165) is 28.2 Å². The molecular formula is C22H21F3N2O4. The number of halogens is 3. The van der Waals surface area contributed by atoms with Gasteiger partial charge in [0.05, 0.1) is 18.7 Å². The van der Waals surface area contributed by atoms with E-state index < -0.39 is 23.9 Å². The van der Waals surface area contributed by atoms with Crippen LogP contribution in [0.1, 0.15) is 16.7 Å². The van der Waals surface area contributed by atoms with Crippen LogP contribution >= 0.6 is 0 Å². The first-order chi connectivity index (χ1) is 14.6. The summed E-state index contributed by atoms with van der Waals surface area (Å²) in [7, 11) is 1.45. The fourth-order valence-corrected chi connectivity index (χ4v) is 3.34. The predicted molar refractivity (Wildman–Crippen MR) is 108 cm³/mol. The highest BCUT2D eigenvalue weighted by Crippen LogP contribution is 2.33. The van der Waals surface area contributed by atoms with Crippen molar-refractivity contribution in [2.24, 2.45) is 0 Å². The third-order valence-electron chi connectivity index (χ3n) is 4.68. The second-order valence-corrected chi connectivity index (χ2v) is 7.02. The van der Waals surface area contributed by atoms with Crippen LogP contribution in [0, 0.1) is 13.8 Å². The minimum atomic E-state index is -4.85. The van der Waals surface area contributed by atoms with Crippen molar-refractivity contribution < 1.29 is 32.2 Å². The number of nitrogens with zero attached hydrogens (tertiary/aromatic N) is 1. The van der Waals surface area contributed by atoms with Crippen molar-refractivity contribution in [3.63, 3.8) is 0 Å². The Morgan fingerprint density at radius 1 is 1.03 bits per heavy atom. The summed E-state index contributed by atoms with van der Waals surface area (Å²) >= 11 is 0. The van der Waals surface area contributed by atoms with Crippen LogP contribution < -0.4 is 10.1 Å². The van der Waals surface area contributed by atoms with Crippen molar-refractivity contribution in [1.29, 1.82) is 0 Å². The second kappa shape index (κ2) is 8.81. The minimum absolute atomic E-state index is 0.0165. The maximum atomic E-state index is 13.1. The zero-order valence-corrected chi connectivity index (χ0v) is 17.2. The summed E-state index contributed by atoms with van der Waals surface area (Å²) < 4.78 is 46.6. The Morgan fingerprint density at radius 2 is 1.77 bits per heavy atom. The first-order valence-corrected chi connectivity index (χ1v) is 9.40. The molecule has 0 spiro atoms. The topological polar surface area (TPSA) is 67.9 Å². The summed E-state index contributed by atoms with van der Waals surface area (Å²) in [6.45, 7) is 3.92. The molecule has 0 bridgehead atoms. The number of imide groups is 1. The summed E-state index contributed by atoms with van der Waals surface area (Å²) in [6, 6.07) is 10.5. The van der Waals surface area contributed by atoms with Gasteiger partial charge in [-0.1, -0.05) is 29.8 Å². The first-order valence-electron chi connectivity index (χ1n) is 9.40. The van der Waals surface area contributed by atoms with Gasteiger partial charge in [0.25, 0.3) is 11.8 Å². The van der Waals surface area contributed by atoms with E-state index in [0.29, 0.717) is 5.56 Å². The smallest absolute Gasteiger partial charge is 0.406 e. The van der Waals surface area contributed by atoms with E-state index >= 15 is 0 Å².